The van der Waals surface area contributed by atoms with Gasteiger partial charge in [0.05, 0.1) is 17.6 Å². The van der Waals surface area contributed by atoms with Crippen LogP contribution in [0.5, 0.6) is 0 Å². The van der Waals surface area contributed by atoms with Crippen molar-refractivity contribution in [2.24, 2.45) is 5.92 Å². The Hall–Kier alpha value is -1.88. The van der Waals surface area contributed by atoms with Crippen LogP contribution in [0, 0.1) is 12.8 Å². The van der Waals surface area contributed by atoms with Crippen LogP contribution in [0.1, 0.15) is 35.7 Å². The average molecular weight is 277 g/mol. The molecule has 0 radical (unpaired) electrons. The molecule has 1 aromatic carbocycles. The van der Waals surface area contributed by atoms with Crippen LogP contribution in [0.2, 0.25) is 0 Å². The Labute approximate surface area is 117 Å². The molecule has 0 aromatic heterocycles. The van der Waals surface area contributed by atoms with Crippen molar-refractivity contribution in [3.63, 3.8) is 0 Å². The van der Waals surface area contributed by atoms with E-state index in [-0.39, 0.29) is 23.5 Å². The van der Waals surface area contributed by atoms with E-state index in [0.717, 1.165) is 6.42 Å². The molecule has 2 rings (SSSR count). The van der Waals surface area contributed by atoms with Crippen LogP contribution in [0.4, 0.5) is 5.69 Å². The number of hydrogen-bond acceptors (Lipinski definition) is 3. The lowest BCUT2D eigenvalue weighted by Crippen LogP contribution is -2.29. The number of aromatic carboxylic acids is 1. The molecule has 1 saturated heterocycles. The highest BCUT2D eigenvalue weighted by Crippen LogP contribution is 2.26. The number of carbonyl (C=O) groups is 2. The van der Waals surface area contributed by atoms with Crippen molar-refractivity contribution in [2.45, 2.75) is 32.8 Å². The number of carboxylic acids is 1. The van der Waals surface area contributed by atoms with Crippen LogP contribution in [0.3, 0.4) is 0 Å². The molecule has 2 atom stereocenters. The summed E-state index contributed by atoms with van der Waals surface area (Å²) in [6.45, 7) is 4.29. The number of carboxylic acid groups (broad SMARTS) is 1. The third kappa shape index (κ3) is 2.82. The lowest BCUT2D eigenvalue weighted by molar-refractivity contribution is -0.121. The fraction of sp³-hybridized carbons (Fsp3) is 0.467. The van der Waals surface area contributed by atoms with Gasteiger partial charge < -0.3 is 15.2 Å². The second kappa shape index (κ2) is 6.05. The normalized spacial score (nSPS) is 21.7. The van der Waals surface area contributed by atoms with Crippen molar-refractivity contribution in [1.82, 2.24) is 0 Å². The topological polar surface area (TPSA) is 75.6 Å². The SMILES string of the molecule is CCC1OCCC1C(=O)Nc1cccc(C(=O)O)c1C. The van der Waals surface area contributed by atoms with Crippen LogP contribution in [0.25, 0.3) is 0 Å². The van der Waals surface area contributed by atoms with E-state index >= 15 is 0 Å². The van der Waals surface area contributed by atoms with Crippen molar-refractivity contribution in [3.05, 3.63) is 29.3 Å². The summed E-state index contributed by atoms with van der Waals surface area (Å²) in [4.78, 5) is 23.4. The molecule has 1 aliphatic rings. The molecule has 1 amide bonds. The van der Waals surface area contributed by atoms with Crippen LogP contribution in [0.15, 0.2) is 18.2 Å². The summed E-state index contributed by atoms with van der Waals surface area (Å²) < 4.78 is 5.51. The van der Waals surface area contributed by atoms with Gasteiger partial charge in [0.2, 0.25) is 5.91 Å². The number of rotatable bonds is 4. The van der Waals surface area contributed by atoms with E-state index in [9.17, 15) is 9.59 Å². The standard InChI is InChI=1S/C15H19NO4/c1-3-13-11(7-8-20-13)14(17)16-12-6-4-5-10(9(12)2)15(18)19/h4-6,11,13H,3,7-8H2,1-2H3,(H,16,17)(H,18,19). The molecule has 1 aromatic rings. The first-order valence-electron chi connectivity index (χ1n) is 6.80. The predicted octanol–water partition coefficient (Wildman–Crippen LogP) is 2.45. The summed E-state index contributed by atoms with van der Waals surface area (Å²) in [6.07, 6.45) is 1.46. The zero-order valence-electron chi connectivity index (χ0n) is 11.7. The average Bonchev–Trinajstić information content (AvgIpc) is 2.89. The monoisotopic (exact) mass is 277 g/mol. The van der Waals surface area contributed by atoms with Gasteiger partial charge >= 0.3 is 5.97 Å². The highest BCUT2D eigenvalue weighted by Gasteiger charge is 2.33. The van der Waals surface area contributed by atoms with Gasteiger partial charge in [-0.15, -0.1) is 0 Å². The van der Waals surface area contributed by atoms with Crippen molar-refractivity contribution >= 4 is 17.6 Å². The van der Waals surface area contributed by atoms with E-state index in [2.05, 4.69) is 5.32 Å². The minimum Gasteiger partial charge on any atom is -0.478 e. The minimum absolute atomic E-state index is 0.0436. The molecular formula is C15H19NO4. The molecule has 20 heavy (non-hydrogen) atoms. The number of anilines is 1. The van der Waals surface area contributed by atoms with Gasteiger partial charge in [-0.25, -0.2) is 4.79 Å². The molecule has 2 unspecified atom stereocenters. The highest BCUT2D eigenvalue weighted by atomic mass is 16.5. The third-order valence-corrected chi connectivity index (χ3v) is 3.77. The fourth-order valence-corrected chi connectivity index (χ4v) is 2.58. The maximum Gasteiger partial charge on any atom is 0.336 e. The molecule has 5 nitrogen and oxygen atoms in total. The Balaban J connectivity index is 2.16. The Kier molecular flexibility index (Phi) is 4.39. The Morgan fingerprint density at radius 1 is 1.45 bits per heavy atom. The van der Waals surface area contributed by atoms with Crippen LogP contribution < -0.4 is 5.32 Å². The number of hydrogen-bond donors (Lipinski definition) is 2. The van der Waals surface area contributed by atoms with Crippen molar-refractivity contribution in [1.29, 1.82) is 0 Å². The summed E-state index contributed by atoms with van der Waals surface area (Å²) in [7, 11) is 0. The van der Waals surface area contributed by atoms with Gasteiger partial charge in [-0.2, -0.15) is 0 Å². The van der Waals surface area contributed by atoms with Gasteiger partial charge in [-0.05, 0) is 37.5 Å². The minimum atomic E-state index is -0.991. The molecule has 5 heteroatoms. The molecule has 1 heterocycles. The quantitative estimate of drug-likeness (QED) is 0.886. The summed E-state index contributed by atoms with van der Waals surface area (Å²) >= 11 is 0. The van der Waals surface area contributed by atoms with Gasteiger partial charge in [0, 0.05) is 12.3 Å². The van der Waals surface area contributed by atoms with Crippen molar-refractivity contribution in [3.8, 4) is 0 Å². The smallest absolute Gasteiger partial charge is 0.336 e. The number of amides is 1. The Morgan fingerprint density at radius 3 is 2.85 bits per heavy atom. The first-order valence-corrected chi connectivity index (χ1v) is 6.80. The molecule has 2 N–H and O–H groups in total. The number of nitrogens with one attached hydrogen (secondary N) is 1. The van der Waals surface area contributed by atoms with E-state index in [0.29, 0.717) is 24.3 Å². The van der Waals surface area contributed by atoms with E-state index in [4.69, 9.17) is 9.84 Å². The second-order valence-corrected chi connectivity index (χ2v) is 4.99. The second-order valence-electron chi connectivity index (χ2n) is 4.99. The van der Waals surface area contributed by atoms with Crippen molar-refractivity contribution < 1.29 is 19.4 Å². The van der Waals surface area contributed by atoms with E-state index in [1.165, 1.54) is 6.07 Å². The molecule has 108 valence electrons. The van der Waals surface area contributed by atoms with Gasteiger partial charge in [0.1, 0.15) is 0 Å². The van der Waals surface area contributed by atoms with E-state index in [1.807, 2.05) is 6.92 Å². The zero-order chi connectivity index (χ0) is 14.7. The van der Waals surface area contributed by atoms with Crippen molar-refractivity contribution in [2.75, 3.05) is 11.9 Å². The zero-order valence-corrected chi connectivity index (χ0v) is 11.7. The third-order valence-electron chi connectivity index (χ3n) is 3.77. The van der Waals surface area contributed by atoms with E-state index in [1.54, 1.807) is 19.1 Å². The van der Waals surface area contributed by atoms with Gasteiger partial charge in [-0.1, -0.05) is 13.0 Å². The Morgan fingerprint density at radius 2 is 2.20 bits per heavy atom. The van der Waals surface area contributed by atoms with Gasteiger partial charge in [0.25, 0.3) is 0 Å². The highest BCUT2D eigenvalue weighted by molar-refractivity contribution is 5.97. The first-order chi connectivity index (χ1) is 9.54. The number of benzene rings is 1. The van der Waals surface area contributed by atoms with Gasteiger partial charge in [-0.3, -0.25) is 4.79 Å². The fourth-order valence-electron chi connectivity index (χ4n) is 2.58. The molecule has 1 aliphatic heterocycles. The Bertz CT molecular complexity index is 527. The molecule has 1 fully saturated rings. The molecule has 0 aliphatic carbocycles. The van der Waals surface area contributed by atoms with Crippen LogP contribution in [-0.2, 0) is 9.53 Å². The summed E-state index contributed by atoms with van der Waals surface area (Å²) in [6, 6.07) is 4.88. The summed E-state index contributed by atoms with van der Waals surface area (Å²) in [5.74, 6) is -1.25. The number of carbonyl (C=O) groups excluding carboxylic acids is 1. The maximum absolute atomic E-state index is 12.3. The summed E-state index contributed by atoms with van der Waals surface area (Å²) in [5, 5.41) is 11.9. The first kappa shape index (κ1) is 14.5. The predicted molar refractivity (Wildman–Crippen MR) is 74.9 cm³/mol. The largest absolute Gasteiger partial charge is 0.478 e. The molecule has 0 spiro atoms. The summed E-state index contributed by atoms with van der Waals surface area (Å²) in [5.41, 5.74) is 1.33. The van der Waals surface area contributed by atoms with E-state index < -0.39 is 5.97 Å². The lowest BCUT2D eigenvalue weighted by Gasteiger charge is -2.17. The molecule has 0 bridgehead atoms. The molecule has 0 saturated carbocycles. The van der Waals surface area contributed by atoms with Crippen LogP contribution in [-0.4, -0.2) is 29.7 Å². The van der Waals surface area contributed by atoms with Gasteiger partial charge in [0.15, 0.2) is 0 Å². The van der Waals surface area contributed by atoms with Crippen LogP contribution >= 0.6 is 0 Å². The number of ether oxygens (including phenoxy) is 1. The lowest BCUT2D eigenvalue weighted by atomic mass is 9.98. The maximum atomic E-state index is 12.3. The molecular weight excluding hydrogens is 258 g/mol.